The van der Waals surface area contributed by atoms with E-state index in [9.17, 15) is 0 Å². The van der Waals surface area contributed by atoms with Crippen LogP contribution in [0.3, 0.4) is 0 Å². The third-order valence-corrected chi connectivity index (χ3v) is 5.52. The van der Waals surface area contributed by atoms with E-state index in [1.54, 1.807) is 0 Å². The van der Waals surface area contributed by atoms with Gasteiger partial charge < -0.3 is 0 Å². The first-order chi connectivity index (χ1) is 13.4. The summed E-state index contributed by atoms with van der Waals surface area (Å²) in [6.07, 6.45) is 13.4. The molecule has 0 nitrogen and oxygen atoms in total. The summed E-state index contributed by atoms with van der Waals surface area (Å²) in [4.78, 5) is 0. The molecule has 1 heteroatoms. The van der Waals surface area contributed by atoms with Crippen LogP contribution in [0.4, 0.5) is 0 Å². The van der Waals surface area contributed by atoms with Gasteiger partial charge >= 0.3 is 21.7 Å². The van der Waals surface area contributed by atoms with Crippen LogP contribution in [0.25, 0.3) is 0 Å². The van der Waals surface area contributed by atoms with Gasteiger partial charge in [0.25, 0.3) is 0 Å². The van der Waals surface area contributed by atoms with E-state index in [0.29, 0.717) is 5.41 Å². The standard InChI is InChI=1S/C9H18.2C7H7.C5H10.Ti/c1-9(2,3)8-6-4-5-7-8;2*1-7-5-3-2-4-6-7;1-2-4-5-3-1;/h8H,4-7H2,1-3H3;2*2-6H,1H2;1-5H2;/q;2*-1;;+4. The van der Waals surface area contributed by atoms with Crippen molar-refractivity contribution in [3.8, 4) is 0 Å². The molecule has 2 aromatic carbocycles. The van der Waals surface area contributed by atoms with E-state index in [0.717, 1.165) is 17.0 Å². The van der Waals surface area contributed by atoms with Crippen LogP contribution in [-0.2, 0) is 21.7 Å². The van der Waals surface area contributed by atoms with E-state index in [4.69, 9.17) is 0 Å². The van der Waals surface area contributed by atoms with Gasteiger partial charge in [0.15, 0.2) is 0 Å². The molecule has 0 amide bonds. The van der Waals surface area contributed by atoms with Gasteiger partial charge in [-0.05, 0) is 24.2 Å². The Labute approximate surface area is 196 Å². The Hall–Kier alpha value is -1.11. The average molecular weight is 427 g/mol. The molecule has 0 atom stereocenters. The molecule has 0 N–H and O–H groups in total. The predicted molar refractivity (Wildman–Crippen MR) is 126 cm³/mol. The van der Waals surface area contributed by atoms with Gasteiger partial charge in [-0.3, -0.25) is 0 Å². The first-order valence-corrected chi connectivity index (χ1v) is 11.1. The molecule has 0 saturated heterocycles. The largest absolute Gasteiger partial charge is 4.00 e. The van der Waals surface area contributed by atoms with Crippen LogP contribution in [0.15, 0.2) is 60.7 Å². The van der Waals surface area contributed by atoms with Gasteiger partial charge in [0.1, 0.15) is 0 Å². The van der Waals surface area contributed by atoms with E-state index < -0.39 is 0 Å². The van der Waals surface area contributed by atoms with E-state index in [-0.39, 0.29) is 21.7 Å². The number of rotatable bonds is 0. The molecule has 0 aromatic heterocycles. The molecular formula is C28H42Ti+2. The maximum absolute atomic E-state index is 3.72. The first-order valence-electron chi connectivity index (χ1n) is 11.1. The summed E-state index contributed by atoms with van der Waals surface area (Å²) in [6, 6.07) is 19.7. The molecule has 0 bridgehead atoms. The molecule has 29 heavy (non-hydrogen) atoms. The molecule has 156 valence electrons. The van der Waals surface area contributed by atoms with Gasteiger partial charge in [0.2, 0.25) is 0 Å². The van der Waals surface area contributed by atoms with Crippen LogP contribution in [0.5, 0.6) is 0 Å². The Morgan fingerprint density at radius 2 is 0.897 bits per heavy atom. The zero-order chi connectivity index (χ0) is 20.7. The molecular weight excluding hydrogens is 384 g/mol. The van der Waals surface area contributed by atoms with Crippen molar-refractivity contribution in [3.63, 3.8) is 0 Å². The minimum Gasteiger partial charge on any atom is -0.199 e. The summed E-state index contributed by atoms with van der Waals surface area (Å²) in [5, 5.41) is 0. The molecule has 0 radical (unpaired) electrons. The van der Waals surface area contributed by atoms with Crippen molar-refractivity contribution in [3.05, 3.63) is 85.6 Å². The molecule has 2 aliphatic rings. The van der Waals surface area contributed by atoms with Gasteiger partial charge in [-0.2, -0.15) is 49.2 Å². The van der Waals surface area contributed by atoms with Crippen LogP contribution in [0.1, 0.15) is 89.7 Å². The van der Waals surface area contributed by atoms with Gasteiger partial charge in [0.05, 0.1) is 0 Å². The zero-order valence-corrected chi connectivity index (χ0v) is 20.7. The molecule has 0 unspecified atom stereocenters. The molecule has 2 saturated carbocycles. The third kappa shape index (κ3) is 15.4. The van der Waals surface area contributed by atoms with Crippen molar-refractivity contribution in [1.82, 2.24) is 0 Å². The van der Waals surface area contributed by atoms with Gasteiger partial charge in [-0.25, -0.2) is 0 Å². The van der Waals surface area contributed by atoms with Crippen molar-refractivity contribution in [2.45, 2.75) is 78.6 Å². The zero-order valence-electron chi connectivity index (χ0n) is 19.1. The van der Waals surface area contributed by atoms with Crippen LogP contribution >= 0.6 is 0 Å². The monoisotopic (exact) mass is 426 g/mol. The summed E-state index contributed by atoms with van der Waals surface area (Å²) in [5.41, 5.74) is 2.72. The molecule has 2 aliphatic carbocycles. The Morgan fingerprint density at radius 3 is 1.07 bits per heavy atom. The minimum atomic E-state index is 0. The number of hydrogen-bond acceptors (Lipinski definition) is 0. The fourth-order valence-electron chi connectivity index (χ4n) is 3.63. The SMILES string of the molecule is C1CCCC1.CC(C)(C)C1CCCC1.[CH2-]c1ccccc1.[CH2-]c1ccccc1.[Ti+4]. The van der Waals surface area contributed by atoms with E-state index >= 15 is 0 Å². The summed E-state index contributed by atoms with van der Waals surface area (Å²) in [5.74, 6) is 1.01. The van der Waals surface area contributed by atoms with Crippen LogP contribution < -0.4 is 0 Å². The molecule has 0 aliphatic heterocycles. The average Bonchev–Trinajstić information content (AvgIpc) is 3.40. The second-order valence-corrected chi connectivity index (χ2v) is 9.09. The second-order valence-electron chi connectivity index (χ2n) is 9.09. The van der Waals surface area contributed by atoms with Crippen molar-refractivity contribution in [1.29, 1.82) is 0 Å². The third-order valence-electron chi connectivity index (χ3n) is 5.52. The van der Waals surface area contributed by atoms with Crippen molar-refractivity contribution in [2.24, 2.45) is 11.3 Å². The Morgan fingerprint density at radius 1 is 0.586 bits per heavy atom. The maximum Gasteiger partial charge on any atom is 4.00 e. The van der Waals surface area contributed by atoms with Crippen LogP contribution in [-0.4, -0.2) is 0 Å². The predicted octanol–water partition coefficient (Wildman–Crippen LogP) is 8.91. The molecule has 2 fully saturated rings. The molecule has 4 rings (SSSR count). The smallest absolute Gasteiger partial charge is 0.199 e. The second kappa shape index (κ2) is 16.7. The van der Waals surface area contributed by atoms with Crippen molar-refractivity contribution < 1.29 is 21.7 Å². The summed E-state index contributed by atoms with van der Waals surface area (Å²) >= 11 is 0. The fourth-order valence-corrected chi connectivity index (χ4v) is 3.63. The van der Waals surface area contributed by atoms with E-state index in [1.807, 2.05) is 60.7 Å². The first kappa shape index (κ1) is 27.9. The van der Waals surface area contributed by atoms with Gasteiger partial charge in [0, 0.05) is 0 Å². The van der Waals surface area contributed by atoms with Gasteiger partial charge in [-0.15, -0.1) is 24.3 Å². The minimum absolute atomic E-state index is 0. The topological polar surface area (TPSA) is 0 Å². The molecule has 0 spiro atoms. The quantitative estimate of drug-likeness (QED) is 0.291. The van der Waals surface area contributed by atoms with E-state index in [1.165, 1.54) is 57.8 Å². The Balaban J connectivity index is 0.000000363. The Kier molecular flexibility index (Phi) is 16.0. The van der Waals surface area contributed by atoms with Crippen molar-refractivity contribution >= 4 is 0 Å². The van der Waals surface area contributed by atoms with E-state index in [2.05, 4.69) is 34.6 Å². The van der Waals surface area contributed by atoms with Gasteiger partial charge in [-0.1, -0.05) is 77.8 Å². The van der Waals surface area contributed by atoms with Crippen molar-refractivity contribution in [2.75, 3.05) is 0 Å². The summed E-state index contributed by atoms with van der Waals surface area (Å²) in [7, 11) is 0. The van der Waals surface area contributed by atoms with Crippen LogP contribution in [0.2, 0.25) is 0 Å². The Bertz CT molecular complexity index is 528. The molecule has 0 heterocycles. The maximum atomic E-state index is 3.72. The summed E-state index contributed by atoms with van der Waals surface area (Å²) in [6.45, 7) is 14.5. The summed E-state index contributed by atoms with van der Waals surface area (Å²) < 4.78 is 0. The number of benzene rings is 2. The molecule has 2 aromatic rings. The van der Waals surface area contributed by atoms with Crippen LogP contribution in [0, 0.1) is 25.2 Å². The fraction of sp³-hybridized carbons (Fsp3) is 0.500. The number of hydrogen-bond donors (Lipinski definition) is 0. The normalized spacial score (nSPS) is 15.4.